The number of aromatic amines is 2. The molecule has 0 atom stereocenters. The Labute approximate surface area is 106 Å². The van der Waals surface area contributed by atoms with E-state index >= 15 is 0 Å². The number of pyridine rings is 2. The molecule has 5 heteroatoms. The van der Waals surface area contributed by atoms with Gasteiger partial charge in [-0.1, -0.05) is 12.1 Å². The average Bonchev–Trinajstić information content (AvgIpc) is 2.35. The predicted molar refractivity (Wildman–Crippen MR) is 57.7 cm³/mol. The minimum atomic E-state index is -0.106. The van der Waals surface area contributed by atoms with E-state index in [1.807, 2.05) is 61.2 Å². The molecular formula is C10H12Cl2N2Pd+2. The zero-order valence-corrected chi connectivity index (χ0v) is 10.9. The molecule has 2 heterocycles. The molecule has 0 aliphatic rings. The van der Waals surface area contributed by atoms with Crippen LogP contribution >= 0.6 is 19.1 Å². The van der Waals surface area contributed by atoms with Crippen LogP contribution in [-0.4, -0.2) is 0 Å². The maximum atomic E-state index is 4.81. The summed E-state index contributed by atoms with van der Waals surface area (Å²) in [5, 5.41) is 0. The molecule has 0 amide bonds. The predicted octanol–water partition coefficient (Wildman–Crippen LogP) is 2.38. The third kappa shape index (κ3) is 13.5. The molecule has 0 fully saturated rings. The van der Waals surface area contributed by atoms with Crippen molar-refractivity contribution in [1.82, 2.24) is 0 Å². The number of hydrogen-bond donors (Lipinski definition) is 0. The van der Waals surface area contributed by atoms with Crippen LogP contribution in [0.25, 0.3) is 0 Å². The van der Waals surface area contributed by atoms with Crippen LogP contribution in [0.4, 0.5) is 0 Å². The largest absolute Gasteiger partial charge is 0.218 e. The summed E-state index contributed by atoms with van der Waals surface area (Å²) in [6, 6.07) is 11.7. The van der Waals surface area contributed by atoms with E-state index in [1.165, 1.54) is 0 Å². The Morgan fingerprint density at radius 3 is 0.933 bits per heavy atom. The van der Waals surface area contributed by atoms with Crippen molar-refractivity contribution in [1.29, 1.82) is 0 Å². The van der Waals surface area contributed by atoms with Crippen molar-refractivity contribution in [2.24, 2.45) is 0 Å². The second-order valence-corrected chi connectivity index (χ2v) is 4.56. The number of aromatic nitrogens is 2. The van der Waals surface area contributed by atoms with Crippen LogP contribution < -0.4 is 9.97 Å². The summed E-state index contributed by atoms with van der Waals surface area (Å²) in [5.41, 5.74) is 0. The zero-order chi connectivity index (χ0) is 11.2. The average molecular weight is 338 g/mol. The van der Waals surface area contributed by atoms with Gasteiger partial charge in [0.05, 0.1) is 0 Å². The molecule has 0 unspecified atom stereocenters. The first-order chi connectivity index (χ1) is 7.41. The standard InChI is InChI=1S/2C5H5N.2ClH.Pd/c2*1-2-4-6-5-3-1;;;/h2*1-5H;2*1H;/q;;;;+2. The van der Waals surface area contributed by atoms with Gasteiger partial charge in [0.15, 0.2) is 24.8 Å². The van der Waals surface area contributed by atoms with Crippen molar-refractivity contribution < 1.29 is 25.9 Å². The molecule has 0 saturated carbocycles. The van der Waals surface area contributed by atoms with E-state index in [1.54, 1.807) is 0 Å². The monoisotopic (exact) mass is 336 g/mol. The molecule has 0 aliphatic heterocycles. The molecule has 84 valence electrons. The summed E-state index contributed by atoms with van der Waals surface area (Å²) in [6.45, 7) is 0. The fourth-order valence-electron chi connectivity index (χ4n) is 0.684. The van der Waals surface area contributed by atoms with Crippen molar-refractivity contribution in [3.8, 4) is 0 Å². The summed E-state index contributed by atoms with van der Waals surface area (Å²) in [6.07, 6.45) is 7.50. The molecule has 2 aromatic heterocycles. The molecule has 15 heavy (non-hydrogen) atoms. The first-order valence-electron chi connectivity index (χ1n) is 4.06. The second kappa shape index (κ2) is 13.5. The fourth-order valence-corrected chi connectivity index (χ4v) is 0.684. The Morgan fingerprint density at radius 2 is 0.867 bits per heavy atom. The van der Waals surface area contributed by atoms with Gasteiger partial charge < -0.3 is 0 Å². The van der Waals surface area contributed by atoms with Crippen LogP contribution in [0.3, 0.4) is 0 Å². The van der Waals surface area contributed by atoms with Crippen LogP contribution in [-0.2, 0) is 15.9 Å². The number of nitrogens with one attached hydrogen (secondary N) is 2. The molecule has 0 radical (unpaired) electrons. The molecular weight excluding hydrogens is 325 g/mol. The normalized spacial score (nSPS) is 7.87. The topological polar surface area (TPSA) is 28.3 Å². The summed E-state index contributed by atoms with van der Waals surface area (Å²) in [5.74, 6) is 0. The molecule has 0 bridgehead atoms. The molecule has 2 aromatic rings. The maximum absolute atomic E-state index is 4.81. The first kappa shape index (κ1) is 14.5. The Kier molecular flexibility index (Phi) is 13.1. The SMILES string of the molecule is [Cl][Pd][Cl].c1cc[nH+]cc1.c1cc[nH+]cc1. The van der Waals surface area contributed by atoms with Crippen molar-refractivity contribution in [3.05, 3.63) is 61.2 Å². The number of hydrogen-bond acceptors (Lipinski definition) is 0. The summed E-state index contributed by atoms with van der Waals surface area (Å²) >= 11 is -0.106. The van der Waals surface area contributed by atoms with Crippen LogP contribution in [0.5, 0.6) is 0 Å². The molecule has 0 spiro atoms. The minimum Gasteiger partial charge on any atom is -0.218 e. The van der Waals surface area contributed by atoms with Crippen molar-refractivity contribution in [2.45, 2.75) is 0 Å². The van der Waals surface area contributed by atoms with Crippen LogP contribution in [0.15, 0.2) is 61.2 Å². The van der Waals surface area contributed by atoms with Crippen LogP contribution in [0.2, 0.25) is 0 Å². The van der Waals surface area contributed by atoms with Gasteiger partial charge in [-0.2, -0.15) is 0 Å². The van der Waals surface area contributed by atoms with Gasteiger partial charge in [-0.05, 0) is 0 Å². The summed E-state index contributed by atoms with van der Waals surface area (Å²) in [4.78, 5) is 5.78. The Morgan fingerprint density at radius 1 is 0.600 bits per heavy atom. The zero-order valence-electron chi connectivity index (χ0n) is 7.85. The molecule has 0 aliphatic carbocycles. The van der Waals surface area contributed by atoms with E-state index in [0.717, 1.165) is 0 Å². The van der Waals surface area contributed by atoms with E-state index in [-0.39, 0.29) is 15.9 Å². The van der Waals surface area contributed by atoms with Crippen molar-refractivity contribution >= 4 is 19.1 Å². The molecule has 2 nitrogen and oxygen atoms in total. The van der Waals surface area contributed by atoms with Gasteiger partial charge in [0, 0.05) is 24.3 Å². The van der Waals surface area contributed by atoms with Gasteiger partial charge in [0.1, 0.15) is 0 Å². The molecule has 0 aromatic carbocycles. The van der Waals surface area contributed by atoms with E-state index in [2.05, 4.69) is 9.97 Å². The Balaban J connectivity index is 0.000000210. The number of halogens is 2. The second-order valence-electron chi connectivity index (χ2n) is 2.20. The van der Waals surface area contributed by atoms with Gasteiger partial charge in [0.25, 0.3) is 0 Å². The van der Waals surface area contributed by atoms with Crippen LogP contribution in [0.1, 0.15) is 0 Å². The first-order valence-corrected chi connectivity index (χ1v) is 8.06. The van der Waals surface area contributed by atoms with Gasteiger partial charge >= 0.3 is 35.0 Å². The van der Waals surface area contributed by atoms with Crippen molar-refractivity contribution in [3.63, 3.8) is 0 Å². The molecule has 0 saturated heterocycles. The van der Waals surface area contributed by atoms with Gasteiger partial charge in [-0.15, -0.1) is 0 Å². The third-order valence-corrected chi connectivity index (χ3v) is 1.21. The van der Waals surface area contributed by atoms with E-state index in [0.29, 0.717) is 0 Å². The molecule has 2 N–H and O–H groups in total. The number of H-pyrrole nitrogens is 2. The maximum Gasteiger partial charge on any atom is 0.166 e. The van der Waals surface area contributed by atoms with E-state index in [9.17, 15) is 0 Å². The number of rotatable bonds is 0. The Bertz CT molecular complexity index is 210. The van der Waals surface area contributed by atoms with E-state index < -0.39 is 0 Å². The van der Waals surface area contributed by atoms with E-state index in [4.69, 9.17) is 19.1 Å². The van der Waals surface area contributed by atoms with Crippen LogP contribution in [0, 0.1) is 0 Å². The van der Waals surface area contributed by atoms with Gasteiger partial charge in [-0.3, -0.25) is 0 Å². The summed E-state index contributed by atoms with van der Waals surface area (Å²) < 4.78 is 0. The Hall–Kier alpha value is -0.458. The smallest absolute Gasteiger partial charge is 0.166 e. The quantitative estimate of drug-likeness (QED) is 0.661. The van der Waals surface area contributed by atoms with Gasteiger partial charge in [0.2, 0.25) is 0 Å². The molecule has 2 rings (SSSR count). The fraction of sp³-hybridized carbons (Fsp3) is 0. The van der Waals surface area contributed by atoms with Gasteiger partial charge in [-0.25, -0.2) is 9.97 Å². The van der Waals surface area contributed by atoms with Crippen molar-refractivity contribution in [2.75, 3.05) is 0 Å². The summed E-state index contributed by atoms with van der Waals surface area (Å²) in [7, 11) is 9.63. The minimum absolute atomic E-state index is 0.106. The third-order valence-electron chi connectivity index (χ3n) is 1.21.